The Morgan fingerprint density at radius 2 is 2.00 bits per heavy atom. The van der Waals surface area contributed by atoms with E-state index in [-0.39, 0.29) is 17.8 Å². The van der Waals surface area contributed by atoms with Gasteiger partial charge in [-0.2, -0.15) is 0 Å². The number of carbonyl (C=O) groups is 2. The lowest BCUT2D eigenvalue weighted by molar-refractivity contribution is -0.115. The monoisotopic (exact) mass is 511 g/mol. The zero-order chi connectivity index (χ0) is 14.7. The lowest BCUT2D eigenvalue weighted by Crippen LogP contribution is -2.17. The van der Waals surface area contributed by atoms with Crippen LogP contribution < -0.4 is 10.1 Å². The maximum atomic E-state index is 11.5. The van der Waals surface area contributed by atoms with Crippen LogP contribution >= 0.6 is 56.9 Å². The summed E-state index contributed by atoms with van der Waals surface area (Å²) in [7, 11) is 0. The summed E-state index contributed by atoms with van der Waals surface area (Å²) in [6, 6.07) is 3.75. The molecule has 1 fully saturated rings. The summed E-state index contributed by atoms with van der Waals surface area (Å²) < 4.78 is 7.26. The third-order valence-electron chi connectivity index (χ3n) is 2.26. The fraction of sp³-hybridized carbons (Fsp3) is 0.0769. The molecule has 0 aliphatic carbocycles. The van der Waals surface area contributed by atoms with Gasteiger partial charge in [-0.25, -0.2) is 0 Å². The van der Waals surface area contributed by atoms with Crippen molar-refractivity contribution in [2.24, 2.45) is 0 Å². The molecule has 1 aliphatic rings. The molecule has 0 spiro atoms. The minimum absolute atomic E-state index is 0.208. The van der Waals surface area contributed by atoms with Crippen LogP contribution in [-0.2, 0) is 4.79 Å². The van der Waals surface area contributed by atoms with E-state index in [1.807, 2.05) is 12.1 Å². The predicted molar refractivity (Wildman–Crippen MR) is 95.3 cm³/mol. The van der Waals surface area contributed by atoms with Crippen LogP contribution in [-0.4, -0.2) is 17.8 Å². The lowest BCUT2D eigenvalue weighted by atomic mass is 10.2. The van der Waals surface area contributed by atoms with Crippen LogP contribution in [0.3, 0.4) is 0 Å². The number of benzene rings is 1. The van der Waals surface area contributed by atoms with E-state index < -0.39 is 0 Å². The van der Waals surface area contributed by atoms with E-state index in [4.69, 9.17) is 11.2 Å². The minimum atomic E-state index is -0.363. The average molecular weight is 511 g/mol. The highest BCUT2D eigenvalue weighted by Crippen LogP contribution is 2.31. The van der Waals surface area contributed by atoms with Gasteiger partial charge in [-0.05, 0) is 80.7 Å². The number of nitrogens with one attached hydrogen (secondary N) is 1. The van der Waals surface area contributed by atoms with E-state index in [1.54, 1.807) is 6.08 Å². The first-order valence-electron chi connectivity index (χ1n) is 5.31. The highest BCUT2D eigenvalue weighted by Gasteiger charge is 2.25. The Morgan fingerprint density at radius 1 is 1.35 bits per heavy atom. The molecule has 1 heterocycles. The molecular formula is C13H7I2NO3S. The van der Waals surface area contributed by atoms with Crippen LogP contribution in [0.1, 0.15) is 5.56 Å². The molecule has 0 bridgehead atoms. The van der Waals surface area contributed by atoms with Crippen LogP contribution in [0.5, 0.6) is 5.75 Å². The average Bonchev–Trinajstić information content (AvgIpc) is 2.67. The van der Waals surface area contributed by atoms with Crippen molar-refractivity contribution < 1.29 is 14.3 Å². The van der Waals surface area contributed by atoms with E-state index in [2.05, 4.69) is 56.4 Å². The van der Waals surface area contributed by atoms with E-state index in [1.165, 1.54) is 0 Å². The summed E-state index contributed by atoms with van der Waals surface area (Å²) in [4.78, 5) is 23.0. The van der Waals surface area contributed by atoms with Gasteiger partial charge in [-0.3, -0.25) is 14.9 Å². The molecule has 0 saturated carbocycles. The Morgan fingerprint density at radius 3 is 2.50 bits per heavy atom. The van der Waals surface area contributed by atoms with Gasteiger partial charge in [0.1, 0.15) is 12.4 Å². The smallest absolute Gasteiger partial charge is 0.290 e. The van der Waals surface area contributed by atoms with Gasteiger partial charge < -0.3 is 4.74 Å². The molecule has 20 heavy (non-hydrogen) atoms. The number of halogens is 2. The fourth-order valence-electron chi connectivity index (χ4n) is 1.49. The van der Waals surface area contributed by atoms with Crippen LogP contribution in [0.15, 0.2) is 17.0 Å². The number of carbonyl (C=O) groups excluding carboxylic acids is 2. The number of rotatable bonds is 3. The fourth-order valence-corrected chi connectivity index (χ4v) is 4.30. The summed E-state index contributed by atoms with van der Waals surface area (Å²) in [6.45, 7) is 0.208. The number of amides is 2. The zero-order valence-electron chi connectivity index (χ0n) is 9.91. The Bertz CT molecular complexity index is 641. The maximum absolute atomic E-state index is 11.5. The molecule has 7 heteroatoms. The molecule has 1 saturated heterocycles. The van der Waals surface area contributed by atoms with Gasteiger partial charge in [-0.1, -0.05) is 5.92 Å². The van der Waals surface area contributed by atoms with Gasteiger partial charge in [0, 0.05) is 0 Å². The van der Waals surface area contributed by atoms with E-state index in [0.717, 1.165) is 30.2 Å². The first-order valence-corrected chi connectivity index (χ1v) is 8.29. The van der Waals surface area contributed by atoms with Crippen molar-refractivity contribution in [1.82, 2.24) is 5.32 Å². The number of terminal acetylenes is 1. The molecule has 0 radical (unpaired) electrons. The lowest BCUT2D eigenvalue weighted by Gasteiger charge is -2.09. The van der Waals surface area contributed by atoms with Crippen molar-refractivity contribution in [2.45, 2.75) is 0 Å². The van der Waals surface area contributed by atoms with E-state index in [0.29, 0.717) is 4.91 Å². The Hall–Kier alpha value is -0.730. The summed E-state index contributed by atoms with van der Waals surface area (Å²) >= 11 is 5.19. The van der Waals surface area contributed by atoms with E-state index >= 15 is 0 Å². The van der Waals surface area contributed by atoms with Crippen molar-refractivity contribution in [3.8, 4) is 18.1 Å². The largest absolute Gasteiger partial charge is 0.479 e. The van der Waals surface area contributed by atoms with Gasteiger partial charge in [0.2, 0.25) is 0 Å². The van der Waals surface area contributed by atoms with Crippen molar-refractivity contribution >= 4 is 74.2 Å². The third kappa shape index (κ3) is 3.67. The summed E-state index contributed by atoms with van der Waals surface area (Å²) in [5, 5.41) is 1.87. The zero-order valence-corrected chi connectivity index (χ0v) is 15.0. The predicted octanol–water partition coefficient (Wildman–Crippen LogP) is 3.23. The second-order valence-electron chi connectivity index (χ2n) is 3.66. The maximum Gasteiger partial charge on any atom is 0.290 e. The molecule has 1 aliphatic heterocycles. The molecule has 2 amide bonds. The van der Waals surface area contributed by atoms with Crippen LogP contribution in [0.25, 0.3) is 6.08 Å². The molecule has 1 aromatic rings. The second kappa shape index (κ2) is 6.82. The molecule has 0 unspecified atom stereocenters. The van der Waals surface area contributed by atoms with Crippen LogP contribution in [0.2, 0.25) is 0 Å². The summed E-state index contributed by atoms with van der Waals surface area (Å²) in [5.74, 6) is 2.78. The highest BCUT2D eigenvalue weighted by molar-refractivity contribution is 14.1. The molecule has 2 rings (SSSR count). The van der Waals surface area contributed by atoms with Gasteiger partial charge in [0.05, 0.1) is 12.0 Å². The SMILES string of the molecule is C#CCOc1c(I)cc(/C=C2/SC(=O)NC2=O)cc1I. The number of ether oxygens (including phenoxy) is 1. The van der Waals surface area contributed by atoms with Crippen molar-refractivity contribution in [1.29, 1.82) is 0 Å². The van der Waals surface area contributed by atoms with Gasteiger partial charge in [-0.15, -0.1) is 6.42 Å². The van der Waals surface area contributed by atoms with Gasteiger partial charge in [0.15, 0.2) is 0 Å². The minimum Gasteiger partial charge on any atom is -0.479 e. The second-order valence-corrected chi connectivity index (χ2v) is 7.00. The molecule has 0 atom stereocenters. The quantitative estimate of drug-likeness (QED) is 0.385. The summed E-state index contributed by atoms with van der Waals surface area (Å²) in [5.41, 5.74) is 0.833. The van der Waals surface area contributed by atoms with Gasteiger partial charge >= 0.3 is 0 Å². The van der Waals surface area contributed by atoms with Gasteiger partial charge in [0.25, 0.3) is 11.1 Å². The van der Waals surface area contributed by atoms with Crippen molar-refractivity contribution in [2.75, 3.05) is 6.61 Å². The standard InChI is InChI=1S/C13H7I2NO3S/c1-2-3-19-11-8(14)4-7(5-9(11)15)6-10-12(17)16-13(18)20-10/h1,4-6H,3H2,(H,16,17,18)/b10-6+. The van der Waals surface area contributed by atoms with Crippen LogP contribution in [0, 0.1) is 19.5 Å². The molecule has 1 aromatic carbocycles. The number of imide groups is 1. The van der Waals surface area contributed by atoms with Crippen molar-refractivity contribution in [3.63, 3.8) is 0 Å². The Balaban J connectivity index is 2.31. The normalized spacial score (nSPS) is 16.1. The topological polar surface area (TPSA) is 55.4 Å². The highest BCUT2D eigenvalue weighted by atomic mass is 127. The molecular weight excluding hydrogens is 504 g/mol. The van der Waals surface area contributed by atoms with Crippen LogP contribution in [0.4, 0.5) is 4.79 Å². The first kappa shape index (κ1) is 15.7. The molecule has 102 valence electrons. The van der Waals surface area contributed by atoms with E-state index in [9.17, 15) is 9.59 Å². The number of hydrogen-bond acceptors (Lipinski definition) is 4. The third-order valence-corrected chi connectivity index (χ3v) is 4.67. The first-order chi connectivity index (χ1) is 9.51. The number of hydrogen-bond donors (Lipinski definition) is 1. The molecule has 4 nitrogen and oxygen atoms in total. The van der Waals surface area contributed by atoms with Crippen molar-refractivity contribution in [3.05, 3.63) is 29.7 Å². The molecule has 0 aromatic heterocycles. The Kier molecular flexibility index (Phi) is 5.34. The Labute approximate surface area is 147 Å². The number of thioether (sulfide) groups is 1. The molecule has 1 N–H and O–H groups in total. The summed E-state index contributed by atoms with van der Waals surface area (Å²) in [6.07, 6.45) is 6.86.